The van der Waals surface area contributed by atoms with Gasteiger partial charge in [0.15, 0.2) is 11.5 Å². The third-order valence-corrected chi connectivity index (χ3v) is 3.15. The molecule has 0 saturated carbocycles. The first-order valence-corrected chi connectivity index (χ1v) is 7.39. The third-order valence-electron chi connectivity index (χ3n) is 3.15. The first kappa shape index (κ1) is 19.0. The van der Waals surface area contributed by atoms with E-state index in [9.17, 15) is 13.6 Å². The summed E-state index contributed by atoms with van der Waals surface area (Å²) in [6, 6.07) is 4.41. The van der Waals surface area contributed by atoms with E-state index in [1.165, 1.54) is 14.2 Å². The number of carbonyl (C=O) groups is 1. The van der Waals surface area contributed by atoms with Gasteiger partial charge >= 0.3 is 6.03 Å². The molecule has 0 aromatic heterocycles. The Balaban J connectivity index is 2.80. The highest BCUT2D eigenvalue weighted by atomic mass is 19.3. The molecule has 0 spiro atoms. The van der Waals surface area contributed by atoms with Crippen LogP contribution in [0.2, 0.25) is 0 Å². The summed E-state index contributed by atoms with van der Waals surface area (Å²) in [5.41, 5.74) is 0.789. The van der Waals surface area contributed by atoms with Crippen molar-refractivity contribution in [3.8, 4) is 11.5 Å². The first-order valence-electron chi connectivity index (χ1n) is 7.39. The van der Waals surface area contributed by atoms with Crippen LogP contribution in [0.15, 0.2) is 18.2 Å². The lowest BCUT2D eigenvalue weighted by atomic mass is 10.1. The number of methoxy groups -OCH3 is 1. The lowest BCUT2D eigenvalue weighted by molar-refractivity contribution is 0.107. The zero-order valence-corrected chi connectivity index (χ0v) is 14.1. The number of rotatable bonds is 7. The Bertz CT molecular complexity index is 524. The SMILES string of the molecule is COc1cc([C@H](C)NC(=O)N(C)CC(F)F)ccc1OC(C)C. The average Bonchev–Trinajstić information content (AvgIpc) is 2.46. The quantitative estimate of drug-likeness (QED) is 0.833. The molecule has 1 N–H and O–H groups in total. The summed E-state index contributed by atoms with van der Waals surface area (Å²) in [7, 11) is 2.86. The van der Waals surface area contributed by atoms with Crippen LogP contribution in [0.25, 0.3) is 0 Å². The zero-order chi connectivity index (χ0) is 17.6. The van der Waals surface area contributed by atoms with E-state index in [2.05, 4.69) is 5.32 Å². The zero-order valence-electron chi connectivity index (χ0n) is 14.1. The summed E-state index contributed by atoms with van der Waals surface area (Å²) in [5, 5.41) is 2.67. The molecule has 1 aromatic carbocycles. The minimum Gasteiger partial charge on any atom is -0.493 e. The molecule has 2 amide bonds. The number of hydrogen-bond donors (Lipinski definition) is 1. The Kier molecular flexibility index (Phi) is 7.06. The molecule has 23 heavy (non-hydrogen) atoms. The first-order chi connectivity index (χ1) is 10.7. The molecule has 1 rings (SSSR count). The maximum absolute atomic E-state index is 12.3. The molecule has 0 aliphatic heterocycles. The Labute approximate surface area is 135 Å². The predicted octanol–water partition coefficient (Wildman–Crippen LogP) is 3.45. The number of hydrogen-bond acceptors (Lipinski definition) is 3. The van der Waals surface area contributed by atoms with Crippen molar-refractivity contribution in [2.75, 3.05) is 20.7 Å². The van der Waals surface area contributed by atoms with Crippen molar-refractivity contribution in [2.45, 2.75) is 39.3 Å². The summed E-state index contributed by atoms with van der Waals surface area (Å²) in [4.78, 5) is 12.8. The summed E-state index contributed by atoms with van der Waals surface area (Å²) in [5.74, 6) is 1.16. The number of nitrogens with zero attached hydrogens (tertiary/aromatic N) is 1. The van der Waals surface area contributed by atoms with Crippen LogP contribution in [-0.2, 0) is 0 Å². The van der Waals surface area contributed by atoms with Crippen molar-refractivity contribution < 1.29 is 23.0 Å². The summed E-state index contributed by atoms with van der Waals surface area (Å²) in [6.07, 6.45) is -2.55. The van der Waals surface area contributed by atoms with Crippen LogP contribution in [0.5, 0.6) is 11.5 Å². The van der Waals surface area contributed by atoms with Crippen LogP contribution in [0.3, 0.4) is 0 Å². The second-order valence-corrected chi connectivity index (χ2v) is 5.52. The van der Waals surface area contributed by atoms with Crippen molar-refractivity contribution >= 4 is 6.03 Å². The standard InChI is InChI=1S/C16H24F2N2O3/c1-10(2)23-13-7-6-12(8-14(13)22-5)11(3)19-16(21)20(4)9-15(17)18/h6-8,10-11,15H,9H2,1-5H3,(H,19,21)/t11-/m0/s1. The van der Waals surface area contributed by atoms with Gasteiger partial charge in [0.1, 0.15) is 0 Å². The van der Waals surface area contributed by atoms with Gasteiger partial charge < -0.3 is 19.7 Å². The van der Waals surface area contributed by atoms with Gasteiger partial charge in [0, 0.05) is 7.05 Å². The Morgan fingerprint density at radius 1 is 1.26 bits per heavy atom. The molecule has 0 aliphatic rings. The smallest absolute Gasteiger partial charge is 0.317 e. The number of urea groups is 1. The topological polar surface area (TPSA) is 50.8 Å². The fourth-order valence-electron chi connectivity index (χ4n) is 1.97. The van der Waals surface area contributed by atoms with Crippen molar-refractivity contribution in [3.63, 3.8) is 0 Å². The van der Waals surface area contributed by atoms with Crippen molar-refractivity contribution in [1.29, 1.82) is 0 Å². The number of benzene rings is 1. The normalized spacial score (nSPS) is 12.2. The minimum absolute atomic E-state index is 0.00914. The number of carbonyl (C=O) groups excluding carboxylic acids is 1. The molecule has 0 unspecified atom stereocenters. The number of ether oxygens (including phenoxy) is 2. The Hall–Kier alpha value is -2.05. The molecule has 1 aromatic rings. The molecule has 0 aliphatic carbocycles. The molecule has 1 atom stereocenters. The minimum atomic E-state index is -2.56. The number of nitrogens with one attached hydrogen (secondary N) is 1. The van der Waals surface area contributed by atoms with Gasteiger partial charge in [-0.05, 0) is 38.5 Å². The molecule has 0 heterocycles. The van der Waals surface area contributed by atoms with Gasteiger partial charge in [0.2, 0.25) is 0 Å². The van der Waals surface area contributed by atoms with E-state index in [0.717, 1.165) is 10.5 Å². The second kappa shape index (κ2) is 8.55. The van der Waals surface area contributed by atoms with Crippen LogP contribution in [0.4, 0.5) is 13.6 Å². The lowest BCUT2D eigenvalue weighted by Crippen LogP contribution is -2.40. The molecule has 0 bridgehead atoms. The molecular formula is C16H24F2N2O3. The maximum atomic E-state index is 12.3. The van der Waals surface area contributed by atoms with Crippen LogP contribution in [0, 0.1) is 0 Å². The highest BCUT2D eigenvalue weighted by Gasteiger charge is 2.18. The number of alkyl halides is 2. The Morgan fingerprint density at radius 2 is 1.91 bits per heavy atom. The van der Waals surface area contributed by atoms with E-state index >= 15 is 0 Å². The largest absolute Gasteiger partial charge is 0.493 e. The summed E-state index contributed by atoms with van der Waals surface area (Å²) >= 11 is 0. The van der Waals surface area contributed by atoms with E-state index in [1.807, 2.05) is 13.8 Å². The monoisotopic (exact) mass is 330 g/mol. The van der Waals surface area contributed by atoms with Gasteiger partial charge in [-0.1, -0.05) is 6.07 Å². The second-order valence-electron chi connectivity index (χ2n) is 5.52. The average molecular weight is 330 g/mol. The van der Waals surface area contributed by atoms with E-state index in [4.69, 9.17) is 9.47 Å². The number of halogens is 2. The van der Waals surface area contributed by atoms with Gasteiger partial charge in [-0.25, -0.2) is 13.6 Å². The summed E-state index contributed by atoms with van der Waals surface area (Å²) in [6.45, 7) is 4.99. The summed E-state index contributed by atoms with van der Waals surface area (Å²) < 4.78 is 35.5. The van der Waals surface area contributed by atoms with Gasteiger partial charge in [0.05, 0.1) is 25.8 Å². The molecule has 0 radical (unpaired) electrons. The molecule has 130 valence electrons. The molecule has 5 nitrogen and oxygen atoms in total. The fourth-order valence-corrected chi connectivity index (χ4v) is 1.97. The van der Waals surface area contributed by atoms with E-state index < -0.39 is 19.0 Å². The van der Waals surface area contributed by atoms with Gasteiger partial charge in [-0.15, -0.1) is 0 Å². The van der Waals surface area contributed by atoms with E-state index in [-0.39, 0.29) is 12.1 Å². The molecule has 0 saturated heterocycles. The maximum Gasteiger partial charge on any atom is 0.317 e. The highest BCUT2D eigenvalue weighted by Crippen LogP contribution is 2.31. The molecular weight excluding hydrogens is 306 g/mol. The van der Waals surface area contributed by atoms with Crippen molar-refractivity contribution in [1.82, 2.24) is 10.2 Å². The Morgan fingerprint density at radius 3 is 2.43 bits per heavy atom. The third kappa shape index (κ3) is 5.92. The lowest BCUT2D eigenvalue weighted by Gasteiger charge is -2.22. The molecule has 0 fully saturated rings. The highest BCUT2D eigenvalue weighted by molar-refractivity contribution is 5.74. The van der Waals surface area contributed by atoms with Crippen molar-refractivity contribution in [3.05, 3.63) is 23.8 Å². The predicted molar refractivity (Wildman–Crippen MR) is 84.3 cm³/mol. The van der Waals surface area contributed by atoms with E-state index in [1.54, 1.807) is 25.1 Å². The van der Waals surface area contributed by atoms with Crippen LogP contribution in [0.1, 0.15) is 32.4 Å². The fraction of sp³-hybridized carbons (Fsp3) is 0.562. The van der Waals surface area contributed by atoms with E-state index in [0.29, 0.717) is 11.5 Å². The number of amides is 2. The van der Waals surface area contributed by atoms with Gasteiger partial charge in [-0.2, -0.15) is 0 Å². The van der Waals surface area contributed by atoms with Gasteiger partial charge in [-0.3, -0.25) is 0 Å². The van der Waals surface area contributed by atoms with Crippen molar-refractivity contribution in [2.24, 2.45) is 0 Å². The van der Waals surface area contributed by atoms with Crippen LogP contribution in [-0.4, -0.2) is 44.2 Å². The molecule has 7 heteroatoms. The van der Waals surface area contributed by atoms with Gasteiger partial charge in [0.25, 0.3) is 6.43 Å². The van der Waals surface area contributed by atoms with Crippen LogP contribution >= 0.6 is 0 Å². The van der Waals surface area contributed by atoms with Crippen LogP contribution < -0.4 is 14.8 Å².